The number of nitrogens with one attached hydrogen (secondary N) is 1. The minimum absolute atomic E-state index is 0.613. The molecule has 2 aromatic rings. The minimum atomic E-state index is 0.613. The monoisotopic (exact) mass is 256 g/mol. The fourth-order valence-corrected chi connectivity index (χ4v) is 3.64. The number of rotatable bonds is 1. The topological polar surface area (TPSA) is 26.2 Å². The van der Waals surface area contributed by atoms with Crippen LogP contribution in [-0.2, 0) is 17.7 Å². The van der Waals surface area contributed by atoms with E-state index in [9.17, 15) is 0 Å². The van der Waals surface area contributed by atoms with Gasteiger partial charge in [0.2, 0.25) is 0 Å². The van der Waals surface area contributed by atoms with E-state index in [-0.39, 0.29) is 0 Å². The highest BCUT2D eigenvalue weighted by molar-refractivity contribution is 5.86. The molecule has 1 N–H and O–H groups in total. The lowest BCUT2D eigenvalue weighted by Crippen LogP contribution is -2.28. The number of hydrogen-bond acceptors (Lipinski definition) is 2. The van der Waals surface area contributed by atoms with Crippen LogP contribution in [0.15, 0.2) is 24.3 Å². The minimum Gasteiger partial charge on any atom is -0.381 e. The molecule has 0 bridgehead atoms. The van der Waals surface area contributed by atoms with Crippen LogP contribution in [0.25, 0.3) is 10.9 Å². The van der Waals surface area contributed by atoms with E-state index in [1.165, 1.54) is 16.6 Å². The molecule has 0 spiro atoms. The molecule has 0 unspecified atom stereocenters. The van der Waals surface area contributed by atoms with Gasteiger partial charge < -0.3 is 14.6 Å². The lowest BCUT2D eigenvalue weighted by Gasteiger charge is -2.28. The average molecular weight is 256 g/mol. The van der Waals surface area contributed by atoms with E-state index in [1.807, 2.05) is 0 Å². The maximum absolute atomic E-state index is 5.52. The summed E-state index contributed by atoms with van der Waals surface area (Å²) in [5.74, 6) is 0. The smallest absolute Gasteiger partial charge is 0.0488 e. The number of ether oxygens (including phenoxy) is 1. The molecule has 1 saturated heterocycles. The third-order valence-electron chi connectivity index (χ3n) is 4.53. The van der Waals surface area contributed by atoms with Crippen LogP contribution >= 0.6 is 0 Å². The fraction of sp³-hybridized carbons (Fsp3) is 0.500. The third-order valence-corrected chi connectivity index (χ3v) is 4.53. The first-order chi connectivity index (χ1) is 9.45. The van der Waals surface area contributed by atoms with Crippen LogP contribution < -0.4 is 5.32 Å². The second-order valence-electron chi connectivity index (χ2n) is 5.58. The lowest BCUT2D eigenvalue weighted by atomic mass is 10.0. The lowest BCUT2D eigenvalue weighted by molar-refractivity contribution is 0.0699. The number of para-hydroxylation sites is 1. The zero-order valence-corrected chi connectivity index (χ0v) is 11.2. The molecule has 100 valence electrons. The second-order valence-corrected chi connectivity index (χ2v) is 5.58. The largest absolute Gasteiger partial charge is 0.381 e. The molecule has 0 saturated carbocycles. The summed E-state index contributed by atoms with van der Waals surface area (Å²) in [6.45, 7) is 3.93. The van der Waals surface area contributed by atoms with Gasteiger partial charge in [0.1, 0.15) is 0 Å². The normalized spacial score (nSPS) is 20.6. The molecular weight excluding hydrogens is 236 g/mol. The predicted molar refractivity (Wildman–Crippen MR) is 76.4 cm³/mol. The van der Waals surface area contributed by atoms with Gasteiger partial charge in [0.05, 0.1) is 0 Å². The maximum atomic E-state index is 5.52. The molecule has 2 aliphatic rings. The van der Waals surface area contributed by atoms with Crippen molar-refractivity contribution >= 4 is 10.9 Å². The van der Waals surface area contributed by atoms with E-state index < -0.39 is 0 Å². The van der Waals surface area contributed by atoms with Crippen LogP contribution in [-0.4, -0.2) is 24.3 Å². The summed E-state index contributed by atoms with van der Waals surface area (Å²) in [5, 5.41) is 4.99. The Bertz CT molecular complexity index is 596. The van der Waals surface area contributed by atoms with Crippen molar-refractivity contribution in [1.29, 1.82) is 0 Å². The van der Waals surface area contributed by atoms with Gasteiger partial charge in [-0.25, -0.2) is 0 Å². The average Bonchev–Trinajstić information content (AvgIpc) is 2.83. The first-order valence-electron chi connectivity index (χ1n) is 7.34. The molecule has 1 aromatic heterocycles. The van der Waals surface area contributed by atoms with Gasteiger partial charge in [0.25, 0.3) is 0 Å². The van der Waals surface area contributed by atoms with Gasteiger partial charge in [-0.1, -0.05) is 18.2 Å². The van der Waals surface area contributed by atoms with E-state index >= 15 is 0 Å². The van der Waals surface area contributed by atoms with E-state index in [0.29, 0.717) is 6.04 Å². The Balaban J connectivity index is 1.92. The van der Waals surface area contributed by atoms with E-state index in [2.05, 4.69) is 34.1 Å². The Morgan fingerprint density at radius 1 is 1.16 bits per heavy atom. The molecule has 3 heteroatoms. The van der Waals surface area contributed by atoms with Crippen molar-refractivity contribution in [2.24, 2.45) is 0 Å². The molecule has 1 fully saturated rings. The molecule has 4 rings (SSSR count). The molecule has 1 aromatic carbocycles. The van der Waals surface area contributed by atoms with E-state index in [4.69, 9.17) is 4.74 Å². The summed E-state index contributed by atoms with van der Waals surface area (Å²) in [5.41, 5.74) is 4.50. The number of aromatic nitrogens is 1. The van der Waals surface area contributed by atoms with Gasteiger partial charge >= 0.3 is 0 Å². The first-order valence-corrected chi connectivity index (χ1v) is 7.34. The molecule has 0 atom stereocenters. The second kappa shape index (κ2) is 4.66. The molecule has 19 heavy (non-hydrogen) atoms. The molecule has 0 aliphatic carbocycles. The quantitative estimate of drug-likeness (QED) is 0.849. The highest BCUT2D eigenvalue weighted by Gasteiger charge is 2.25. The summed E-state index contributed by atoms with van der Waals surface area (Å²) in [4.78, 5) is 0. The Kier molecular flexibility index (Phi) is 2.82. The third kappa shape index (κ3) is 1.80. The van der Waals surface area contributed by atoms with Crippen LogP contribution in [0.4, 0.5) is 0 Å². The SMILES string of the molecule is c1ccc2c(c1)c1c(n2C2CCOCC2)CNCC1. The number of benzene rings is 1. The van der Waals surface area contributed by atoms with Crippen molar-refractivity contribution in [3.8, 4) is 0 Å². The summed E-state index contributed by atoms with van der Waals surface area (Å²) in [6.07, 6.45) is 3.45. The van der Waals surface area contributed by atoms with Crippen LogP contribution in [0.2, 0.25) is 0 Å². The van der Waals surface area contributed by atoms with Crippen molar-refractivity contribution in [2.75, 3.05) is 19.8 Å². The van der Waals surface area contributed by atoms with Crippen molar-refractivity contribution in [2.45, 2.75) is 31.8 Å². The fourth-order valence-electron chi connectivity index (χ4n) is 3.64. The van der Waals surface area contributed by atoms with E-state index in [0.717, 1.165) is 45.6 Å². The van der Waals surface area contributed by atoms with Crippen LogP contribution in [0, 0.1) is 0 Å². The van der Waals surface area contributed by atoms with Gasteiger partial charge in [0, 0.05) is 42.4 Å². The zero-order valence-electron chi connectivity index (χ0n) is 11.2. The number of nitrogens with zero attached hydrogens (tertiary/aromatic N) is 1. The van der Waals surface area contributed by atoms with Crippen molar-refractivity contribution < 1.29 is 4.74 Å². The maximum Gasteiger partial charge on any atom is 0.0488 e. The predicted octanol–water partition coefficient (Wildman–Crippen LogP) is 2.64. The van der Waals surface area contributed by atoms with Crippen LogP contribution in [0.5, 0.6) is 0 Å². The molecule has 2 aliphatic heterocycles. The van der Waals surface area contributed by atoms with Gasteiger partial charge in [-0.05, 0) is 37.4 Å². The Morgan fingerprint density at radius 3 is 2.89 bits per heavy atom. The van der Waals surface area contributed by atoms with Gasteiger partial charge in [-0.2, -0.15) is 0 Å². The number of hydrogen-bond donors (Lipinski definition) is 1. The summed E-state index contributed by atoms with van der Waals surface area (Å²) in [7, 11) is 0. The Morgan fingerprint density at radius 2 is 2.00 bits per heavy atom. The summed E-state index contributed by atoms with van der Waals surface area (Å²) in [6, 6.07) is 9.51. The van der Waals surface area contributed by atoms with Crippen LogP contribution in [0.3, 0.4) is 0 Å². The molecule has 3 nitrogen and oxygen atoms in total. The Hall–Kier alpha value is -1.32. The van der Waals surface area contributed by atoms with Crippen LogP contribution in [0.1, 0.15) is 30.1 Å². The summed E-state index contributed by atoms with van der Waals surface area (Å²) < 4.78 is 8.12. The highest BCUT2D eigenvalue weighted by atomic mass is 16.5. The first kappa shape index (κ1) is 11.5. The molecule has 0 amide bonds. The molecule has 0 radical (unpaired) electrons. The van der Waals surface area contributed by atoms with Gasteiger partial charge in [-0.3, -0.25) is 0 Å². The van der Waals surface area contributed by atoms with Crippen molar-refractivity contribution in [3.63, 3.8) is 0 Å². The van der Waals surface area contributed by atoms with Gasteiger partial charge in [-0.15, -0.1) is 0 Å². The highest BCUT2D eigenvalue weighted by Crippen LogP contribution is 2.34. The van der Waals surface area contributed by atoms with Crippen molar-refractivity contribution in [1.82, 2.24) is 9.88 Å². The standard InChI is InChI=1S/C16H20N2O/c1-2-4-15-13(3-1)14-5-8-17-11-16(14)18(15)12-6-9-19-10-7-12/h1-4,12,17H,5-11H2. The molecular formula is C16H20N2O. The van der Waals surface area contributed by atoms with Crippen molar-refractivity contribution in [3.05, 3.63) is 35.5 Å². The number of fused-ring (bicyclic) bond motifs is 3. The molecule has 3 heterocycles. The van der Waals surface area contributed by atoms with E-state index in [1.54, 1.807) is 5.56 Å². The van der Waals surface area contributed by atoms with Gasteiger partial charge in [0.15, 0.2) is 0 Å². The Labute approximate surface area is 113 Å². The zero-order chi connectivity index (χ0) is 12.7. The summed E-state index contributed by atoms with van der Waals surface area (Å²) >= 11 is 0.